The molecule has 4 nitrogen and oxygen atoms in total. The van der Waals surface area contributed by atoms with E-state index in [2.05, 4.69) is 5.32 Å². The first-order chi connectivity index (χ1) is 8.33. The predicted molar refractivity (Wildman–Crippen MR) is 64.3 cm³/mol. The molecule has 0 spiro atoms. The molecule has 90 valence electrons. The number of rotatable bonds is 5. The minimum atomic E-state index is -0.0901. The quantitative estimate of drug-likeness (QED) is 0.737. The third-order valence-corrected chi connectivity index (χ3v) is 2.51. The third-order valence-electron chi connectivity index (χ3n) is 2.51. The number of furan rings is 1. The summed E-state index contributed by atoms with van der Waals surface area (Å²) in [4.78, 5) is 0. The van der Waals surface area contributed by atoms with Gasteiger partial charge in [0.15, 0.2) is 0 Å². The van der Waals surface area contributed by atoms with Gasteiger partial charge in [-0.3, -0.25) is 0 Å². The van der Waals surface area contributed by atoms with Gasteiger partial charge in [0, 0.05) is 11.3 Å². The summed E-state index contributed by atoms with van der Waals surface area (Å²) in [6.07, 6.45) is 0. The summed E-state index contributed by atoms with van der Waals surface area (Å²) >= 11 is 0. The highest BCUT2D eigenvalue weighted by molar-refractivity contribution is 5.50. The van der Waals surface area contributed by atoms with Gasteiger partial charge in [0.05, 0.1) is 13.2 Å². The molecule has 0 atom stereocenters. The van der Waals surface area contributed by atoms with Crippen molar-refractivity contribution in [1.29, 1.82) is 0 Å². The predicted octanol–water partition coefficient (Wildman–Crippen LogP) is 1.88. The summed E-state index contributed by atoms with van der Waals surface area (Å²) in [6, 6.07) is 11.1. The Morgan fingerprint density at radius 2 is 1.71 bits per heavy atom. The second kappa shape index (κ2) is 5.52. The van der Waals surface area contributed by atoms with Gasteiger partial charge in [-0.1, -0.05) is 18.2 Å². The second-order valence-electron chi connectivity index (χ2n) is 3.69. The first kappa shape index (κ1) is 11.7. The number of aliphatic hydroxyl groups excluding tert-OH is 2. The Kier molecular flexibility index (Phi) is 3.80. The summed E-state index contributed by atoms with van der Waals surface area (Å²) < 4.78 is 5.35. The molecule has 0 amide bonds. The number of hydrogen-bond acceptors (Lipinski definition) is 4. The van der Waals surface area contributed by atoms with Gasteiger partial charge >= 0.3 is 0 Å². The van der Waals surface area contributed by atoms with E-state index in [9.17, 15) is 0 Å². The standard InChI is InChI=1S/C13H15NO3/c15-8-10-3-1-2-4-13(10)14-7-11-5-6-12(9-16)17-11/h1-6,14-16H,7-9H2. The van der Waals surface area contributed by atoms with Crippen LogP contribution in [0, 0.1) is 0 Å². The van der Waals surface area contributed by atoms with Crippen LogP contribution in [0.25, 0.3) is 0 Å². The normalized spacial score (nSPS) is 10.5. The van der Waals surface area contributed by atoms with Crippen molar-refractivity contribution < 1.29 is 14.6 Å². The van der Waals surface area contributed by atoms with Crippen molar-refractivity contribution in [3.63, 3.8) is 0 Å². The Hall–Kier alpha value is -1.78. The lowest BCUT2D eigenvalue weighted by atomic mass is 10.2. The first-order valence-electron chi connectivity index (χ1n) is 5.44. The zero-order valence-electron chi connectivity index (χ0n) is 9.39. The Morgan fingerprint density at radius 3 is 2.41 bits per heavy atom. The average molecular weight is 233 g/mol. The van der Waals surface area contributed by atoms with Crippen LogP contribution in [0.1, 0.15) is 17.1 Å². The van der Waals surface area contributed by atoms with Crippen LogP contribution in [0.4, 0.5) is 5.69 Å². The van der Waals surface area contributed by atoms with Crippen LogP contribution in [0.3, 0.4) is 0 Å². The van der Waals surface area contributed by atoms with Gasteiger partial charge < -0.3 is 19.9 Å². The summed E-state index contributed by atoms with van der Waals surface area (Å²) in [5.41, 5.74) is 1.73. The van der Waals surface area contributed by atoms with Crippen LogP contribution in [-0.2, 0) is 19.8 Å². The molecule has 2 aromatic rings. The molecule has 0 saturated heterocycles. The van der Waals surface area contributed by atoms with E-state index >= 15 is 0 Å². The zero-order valence-corrected chi connectivity index (χ0v) is 9.39. The molecular weight excluding hydrogens is 218 g/mol. The highest BCUT2D eigenvalue weighted by Crippen LogP contribution is 2.16. The Balaban J connectivity index is 2.01. The Morgan fingerprint density at radius 1 is 0.941 bits per heavy atom. The lowest BCUT2D eigenvalue weighted by molar-refractivity contribution is 0.244. The summed E-state index contributed by atoms with van der Waals surface area (Å²) in [6.45, 7) is 0.438. The molecule has 1 aromatic heterocycles. The van der Waals surface area contributed by atoms with E-state index in [-0.39, 0.29) is 13.2 Å². The molecule has 0 aliphatic rings. The van der Waals surface area contributed by atoms with E-state index in [1.807, 2.05) is 30.3 Å². The number of nitrogens with one attached hydrogen (secondary N) is 1. The van der Waals surface area contributed by atoms with E-state index in [0.29, 0.717) is 12.3 Å². The smallest absolute Gasteiger partial charge is 0.129 e. The van der Waals surface area contributed by atoms with E-state index < -0.39 is 0 Å². The van der Waals surface area contributed by atoms with Crippen LogP contribution in [-0.4, -0.2) is 10.2 Å². The molecule has 2 rings (SSSR count). The van der Waals surface area contributed by atoms with Gasteiger partial charge in [0.1, 0.15) is 18.1 Å². The van der Waals surface area contributed by atoms with Crippen LogP contribution in [0.5, 0.6) is 0 Å². The highest BCUT2D eigenvalue weighted by Gasteiger charge is 2.03. The van der Waals surface area contributed by atoms with E-state index in [0.717, 1.165) is 17.0 Å². The molecule has 0 aliphatic carbocycles. The fourth-order valence-corrected chi connectivity index (χ4v) is 1.62. The fourth-order valence-electron chi connectivity index (χ4n) is 1.62. The van der Waals surface area contributed by atoms with Gasteiger partial charge in [-0.2, -0.15) is 0 Å². The number of hydrogen-bond donors (Lipinski definition) is 3. The average Bonchev–Trinajstić information content (AvgIpc) is 2.84. The number of anilines is 1. The van der Waals surface area contributed by atoms with Gasteiger partial charge in [-0.05, 0) is 18.2 Å². The highest BCUT2D eigenvalue weighted by atomic mass is 16.4. The Bertz CT molecular complexity index is 479. The van der Waals surface area contributed by atoms with Crippen LogP contribution in [0.2, 0.25) is 0 Å². The van der Waals surface area contributed by atoms with Crippen molar-refractivity contribution in [1.82, 2.24) is 0 Å². The van der Waals surface area contributed by atoms with Crippen molar-refractivity contribution in [2.75, 3.05) is 5.32 Å². The van der Waals surface area contributed by atoms with Gasteiger partial charge in [0.2, 0.25) is 0 Å². The van der Waals surface area contributed by atoms with Crippen molar-refractivity contribution in [2.45, 2.75) is 19.8 Å². The lowest BCUT2D eigenvalue weighted by Crippen LogP contribution is -2.01. The number of aliphatic hydroxyl groups is 2. The first-order valence-corrected chi connectivity index (χ1v) is 5.44. The monoisotopic (exact) mass is 233 g/mol. The molecule has 0 aliphatic heterocycles. The third kappa shape index (κ3) is 2.87. The van der Waals surface area contributed by atoms with Crippen molar-refractivity contribution in [3.8, 4) is 0 Å². The molecule has 0 bridgehead atoms. The summed E-state index contributed by atoms with van der Waals surface area (Å²) in [5.74, 6) is 1.30. The van der Waals surface area contributed by atoms with Gasteiger partial charge in [0.25, 0.3) is 0 Å². The maximum atomic E-state index is 9.16. The lowest BCUT2D eigenvalue weighted by Gasteiger charge is -2.08. The zero-order chi connectivity index (χ0) is 12.1. The summed E-state index contributed by atoms with van der Waals surface area (Å²) in [7, 11) is 0. The molecule has 4 heteroatoms. The topological polar surface area (TPSA) is 65.6 Å². The van der Waals surface area contributed by atoms with E-state index in [1.165, 1.54) is 0 Å². The van der Waals surface area contributed by atoms with Crippen LogP contribution in [0.15, 0.2) is 40.8 Å². The number of benzene rings is 1. The van der Waals surface area contributed by atoms with Crippen molar-refractivity contribution in [3.05, 3.63) is 53.5 Å². The SMILES string of the molecule is OCc1ccc(CNc2ccccc2CO)o1. The largest absolute Gasteiger partial charge is 0.462 e. The van der Waals surface area contributed by atoms with E-state index in [1.54, 1.807) is 6.07 Å². The molecule has 1 heterocycles. The molecule has 0 saturated carbocycles. The molecular formula is C13H15NO3. The van der Waals surface area contributed by atoms with Gasteiger partial charge in [-0.25, -0.2) is 0 Å². The van der Waals surface area contributed by atoms with Gasteiger partial charge in [-0.15, -0.1) is 0 Å². The summed E-state index contributed by atoms with van der Waals surface area (Å²) in [5, 5.41) is 21.2. The fraction of sp³-hybridized carbons (Fsp3) is 0.231. The van der Waals surface area contributed by atoms with E-state index in [4.69, 9.17) is 14.6 Å². The Labute approximate surface area is 99.5 Å². The molecule has 0 radical (unpaired) electrons. The van der Waals surface area contributed by atoms with Crippen LogP contribution < -0.4 is 5.32 Å². The molecule has 17 heavy (non-hydrogen) atoms. The maximum Gasteiger partial charge on any atom is 0.129 e. The maximum absolute atomic E-state index is 9.16. The molecule has 1 aromatic carbocycles. The molecule has 0 fully saturated rings. The molecule has 0 unspecified atom stereocenters. The minimum absolute atomic E-state index is 0.00319. The van der Waals surface area contributed by atoms with Crippen molar-refractivity contribution >= 4 is 5.69 Å². The van der Waals surface area contributed by atoms with Crippen LogP contribution >= 0.6 is 0 Å². The minimum Gasteiger partial charge on any atom is -0.462 e. The van der Waals surface area contributed by atoms with Crippen molar-refractivity contribution in [2.24, 2.45) is 0 Å². The second-order valence-corrected chi connectivity index (χ2v) is 3.69. The molecule has 3 N–H and O–H groups in total. The number of para-hydroxylation sites is 1.